The third-order valence-corrected chi connectivity index (χ3v) is 2.76. The molecule has 17 heavy (non-hydrogen) atoms. The molecule has 0 saturated heterocycles. The Labute approximate surface area is 104 Å². The lowest BCUT2D eigenvalue weighted by molar-refractivity contribution is 0.329. The van der Waals surface area contributed by atoms with Crippen LogP contribution in [0.4, 0.5) is 0 Å². The summed E-state index contributed by atoms with van der Waals surface area (Å²) in [6.45, 7) is 0.951. The standard InChI is InChI=1S/C13H23N3O/c1-16(2)10-12(15-14)7-4-11-5-8-13(17-3)9-6-11/h5-6,8-9,12,15H,4,7,10,14H2,1-3H3. The number of likely N-dealkylation sites (N-methyl/N-ethyl adjacent to an activating group) is 1. The molecule has 0 aliphatic carbocycles. The number of hydrogen-bond donors (Lipinski definition) is 2. The molecule has 0 spiro atoms. The van der Waals surface area contributed by atoms with Crippen molar-refractivity contribution < 1.29 is 4.74 Å². The van der Waals surface area contributed by atoms with Crippen LogP contribution in [0, 0.1) is 0 Å². The third-order valence-electron chi connectivity index (χ3n) is 2.76. The van der Waals surface area contributed by atoms with Crippen LogP contribution in [0.15, 0.2) is 24.3 Å². The average Bonchev–Trinajstić information content (AvgIpc) is 2.34. The molecule has 0 fully saturated rings. The summed E-state index contributed by atoms with van der Waals surface area (Å²) in [5.74, 6) is 6.43. The maximum Gasteiger partial charge on any atom is 0.118 e. The van der Waals surface area contributed by atoms with Gasteiger partial charge in [0.25, 0.3) is 0 Å². The van der Waals surface area contributed by atoms with Gasteiger partial charge in [-0.1, -0.05) is 12.1 Å². The van der Waals surface area contributed by atoms with E-state index in [2.05, 4.69) is 36.6 Å². The van der Waals surface area contributed by atoms with E-state index in [0.717, 1.165) is 25.1 Å². The molecular weight excluding hydrogens is 214 g/mol. The normalized spacial score (nSPS) is 12.8. The van der Waals surface area contributed by atoms with Crippen molar-refractivity contribution in [2.45, 2.75) is 18.9 Å². The van der Waals surface area contributed by atoms with Crippen LogP contribution < -0.4 is 16.0 Å². The van der Waals surface area contributed by atoms with Gasteiger partial charge in [0.05, 0.1) is 7.11 Å². The summed E-state index contributed by atoms with van der Waals surface area (Å²) in [5.41, 5.74) is 4.17. The predicted octanol–water partition coefficient (Wildman–Crippen LogP) is 1.02. The minimum Gasteiger partial charge on any atom is -0.497 e. The second-order valence-electron chi connectivity index (χ2n) is 4.51. The van der Waals surface area contributed by atoms with E-state index in [9.17, 15) is 0 Å². The maximum atomic E-state index is 5.53. The van der Waals surface area contributed by atoms with E-state index >= 15 is 0 Å². The van der Waals surface area contributed by atoms with Gasteiger partial charge in [-0.3, -0.25) is 11.3 Å². The van der Waals surface area contributed by atoms with Crippen LogP contribution in [0.2, 0.25) is 0 Å². The van der Waals surface area contributed by atoms with Gasteiger partial charge in [0, 0.05) is 12.6 Å². The van der Waals surface area contributed by atoms with Crippen molar-refractivity contribution in [3.8, 4) is 5.75 Å². The van der Waals surface area contributed by atoms with E-state index in [0.29, 0.717) is 6.04 Å². The van der Waals surface area contributed by atoms with Crippen molar-refractivity contribution in [3.05, 3.63) is 29.8 Å². The molecule has 1 aromatic rings. The first-order valence-electron chi connectivity index (χ1n) is 5.89. The molecule has 0 saturated carbocycles. The fraction of sp³-hybridized carbons (Fsp3) is 0.538. The minimum atomic E-state index is 0.326. The van der Waals surface area contributed by atoms with Crippen molar-refractivity contribution in [1.82, 2.24) is 10.3 Å². The molecule has 0 aliphatic rings. The number of nitrogens with two attached hydrogens (primary N) is 1. The molecule has 4 nitrogen and oxygen atoms in total. The van der Waals surface area contributed by atoms with Crippen molar-refractivity contribution in [3.63, 3.8) is 0 Å². The summed E-state index contributed by atoms with van der Waals surface area (Å²) in [6, 6.07) is 8.51. The first kappa shape index (κ1) is 14.0. The molecule has 1 rings (SSSR count). The monoisotopic (exact) mass is 237 g/mol. The Balaban J connectivity index is 2.42. The SMILES string of the molecule is COc1ccc(CCC(CN(C)C)NN)cc1. The maximum absolute atomic E-state index is 5.53. The molecule has 0 heterocycles. The van der Waals surface area contributed by atoms with Crippen LogP contribution in [0.25, 0.3) is 0 Å². The van der Waals surface area contributed by atoms with Crippen molar-refractivity contribution in [2.75, 3.05) is 27.7 Å². The first-order chi connectivity index (χ1) is 8.15. The average molecular weight is 237 g/mol. The number of hydrazine groups is 1. The second-order valence-corrected chi connectivity index (χ2v) is 4.51. The van der Waals surface area contributed by atoms with Gasteiger partial charge in [-0.2, -0.15) is 0 Å². The fourth-order valence-electron chi connectivity index (χ4n) is 1.80. The van der Waals surface area contributed by atoms with E-state index in [1.807, 2.05) is 12.1 Å². The Morgan fingerprint density at radius 3 is 2.41 bits per heavy atom. The van der Waals surface area contributed by atoms with Gasteiger partial charge < -0.3 is 9.64 Å². The van der Waals surface area contributed by atoms with E-state index in [1.54, 1.807) is 7.11 Å². The van der Waals surface area contributed by atoms with Crippen molar-refractivity contribution >= 4 is 0 Å². The smallest absolute Gasteiger partial charge is 0.118 e. The number of methoxy groups -OCH3 is 1. The lowest BCUT2D eigenvalue weighted by Crippen LogP contribution is -2.42. The summed E-state index contributed by atoms with van der Waals surface area (Å²) in [4.78, 5) is 2.14. The molecule has 0 aromatic heterocycles. The van der Waals surface area contributed by atoms with E-state index in [1.165, 1.54) is 5.56 Å². The van der Waals surface area contributed by atoms with Gasteiger partial charge in [-0.25, -0.2) is 0 Å². The molecule has 0 bridgehead atoms. The van der Waals surface area contributed by atoms with Gasteiger partial charge in [0.1, 0.15) is 5.75 Å². The molecular formula is C13H23N3O. The van der Waals surface area contributed by atoms with Crippen molar-refractivity contribution in [1.29, 1.82) is 0 Å². The number of nitrogens with one attached hydrogen (secondary N) is 1. The van der Waals surface area contributed by atoms with Crippen molar-refractivity contribution in [2.24, 2.45) is 5.84 Å². The van der Waals surface area contributed by atoms with Crippen LogP contribution >= 0.6 is 0 Å². The topological polar surface area (TPSA) is 50.5 Å². The minimum absolute atomic E-state index is 0.326. The predicted molar refractivity (Wildman–Crippen MR) is 71.0 cm³/mol. The van der Waals surface area contributed by atoms with E-state index in [-0.39, 0.29) is 0 Å². The fourth-order valence-corrected chi connectivity index (χ4v) is 1.80. The Bertz CT molecular complexity index is 311. The van der Waals surface area contributed by atoms with Crippen LogP contribution in [-0.2, 0) is 6.42 Å². The molecule has 1 aromatic carbocycles. The summed E-state index contributed by atoms with van der Waals surface area (Å²) < 4.78 is 5.13. The lowest BCUT2D eigenvalue weighted by atomic mass is 10.1. The summed E-state index contributed by atoms with van der Waals surface area (Å²) in [5, 5.41) is 0. The highest BCUT2D eigenvalue weighted by molar-refractivity contribution is 5.27. The largest absolute Gasteiger partial charge is 0.497 e. The van der Waals surface area contributed by atoms with Gasteiger partial charge >= 0.3 is 0 Å². The van der Waals surface area contributed by atoms with E-state index < -0.39 is 0 Å². The highest BCUT2D eigenvalue weighted by atomic mass is 16.5. The van der Waals surface area contributed by atoms with Crippen LogP contribution in [0.1, 0.15) is 12.0 Å². The number of rotatable bonds is 7. The molecule has 3 N–H and O–H groups in total. The second kappa shape index (κ2) is 7.27. The first-order valence-corrected chi connectivity index (χ1v) is 5.89. The Kier molecular flexibility index (Phi) is 5.97. The molecule has 0 aliphatic heterocycles. The molecule has 96 valence electrons. The highest BCUT2D eigenvalue weighted by Gasteiger charge is 2.07. The number of benzene rings is 1. The molecule has 4 heteroatoms. The van der Waals surface area contributed by atoms with Gasteiger partial charge in [-0.15, -0.1) is 0 Å². The van der Waals surface area contributed by atoms with Gasteiger partial charge in [-0.05, 0) is 44.6 Å². The van der Waals surface area contributed by atoms with Gasteiger partial charge in [0.15, 0.2) is 0 Å². The molecule has 0 radical (unpaired) electrons. The Morgan fingerprint density at radius 1 is 1.29 bits per heavy atom. The summed E-state index contributed by atoms with van der Waals surface area (Å²) in [6.07, 6.45) is 2.05. The molecule has 1 atom stereocenters. The highest BCUT2D eigenvalue weighted by Crippen LogP contribution is 2.13. The number of ether oxygens (including phenoxy) is 1. The third kappa shape index (κ3) is 5.17. The van der Waals surface area contributed by atoms with Crippen LogP contribution in [-0.4, -0.2) is 38.7 Å². The quantitative estimate of drug-likeness (QED) is 0.549. The zero-order valence-corrected chi connectivity index (χ0v) is 10.9. The Morgan fingerprint density at radius 2 is 1.94 bits per heavy atom. The van der Waals surface area contributed by atoms with E-state index in [4.69, 9.17) is 10.6 Å². The van der Waals surface area contributed by atoms with Crippen LogP contribution in [0.3, 0.4) is 0 Å². The molecule has 0 amide bonds. The zero-order valence-electron chi connectivity index (χ0n) is 10.9. The number of hydrogen-bond acceptors (Lipinski definition) is 4. The summed E-state index contributed by atoms with van der Waals surface area (Å²) >= 11 is 0. The molecule has 1 unspecified atom stereocenters. The number of aryl methyl sites for hydroxylation is 1. The van der Waals surface area contributed by atoms with Crippen LogP contribution in [0.5, 0.6) is 5.75 Å². The zero-order chi connectivity index (χ0) is 12.7. The lowest BCUT2D eigenvalue weighted by Gasteiger charge is -2.20. The summed E-state index contributed by atoms with van der Waals surface area (Å²) in [7, 11) is 5.79. The van der Waals surface area contributed by atoms with Gasteiger partial charge in [0.2, 0.25) is 0 Å². The number of nitrogens with zero attached hydrogens (tertiary/aromatic N) is 1. The Hall–Kier alpha value is -1.10.